The molecule has 2 rings (SSSR count). The average Bonchev–Trinajstić information content (AvgIpc) is 2.66. The summed E-state index contributed by atoms with van der Waals surface area (Å²) in [6.07, 6.45) is -9.94. The predicted molar refractivity (Wildman–Crippen MR) is 93.2 cm³/mol. The van der Waals surface area contributed by atoms with Crippen molar-refractivity contribution >= 4 is 23.4 Å². The van der Waals surface area contributed by atoms with E-state index < -0.39 is 40.7 Å². The maximum Gasteiger partial charge on any atom is 0.455 e. The molecule has 0 heterocycles. The number of hydrogen-bond donors (Lipinski definition) is 1. The SMILES string of the molecule is COc1ccc(/C(O)=C(/C=Nc2ccccc2C(F)(F)F)C(=O)C(F)(F)F)cc1. The van der Waals surface area contributed by atoms with Gasteiger partial charge in [-0.2, -0.15) is 26.3 Å². The molecule has 0 aliphatic heterocycles. The smallest absolute Gasteiger partial charge is 0.455 e. The Bertz CT molecular complexity index is 944. The number of halogens is 6. The Morgan fingerprint density at radius 3 is 2.10 bits per heavy atom. The quantitative estimate of drug-likeness (QED) is 0.302. The van der Waals surface area contributed by atoms with Crippen molar-refractivity contribution < 1.29 is 41.0 Å². The molecule has 0 spiro atoms. The summed E-state index contributed by atoms with van der Waals surface area (Å²) in [5, 5.41) is 10.2. The minimum Gasteiger partial charge on any atom is -0.506 e. The first kappa shape index (κ1) is 22.0. The standard InChI is InChI=1S/C19H13F6NO3/c1-29-12-8-6-11(7-9-12)16(27)13(17(28)19(23,24)25)10-26-15-5-3-2-4-14(15)18(20,21)22/h2-10,27H,1H3/b16-13+,26-10?. The van der Waals surface area contributed by atoms with Gasteiger partial charge in [0, 0.05) is 11.8 Å². The second-order valence-corrected chi connectivity index (χ2v) is 5.59. The van der Waals surface area contributed by atoms with E-state index in [9.17, 15) is 36.2 Å². The van der Waals surface area contributed by atoms with Crippen molar-refractivity contribution in [1.82, 2.24) is 0 Å². The number of ketones is 1. The Morgan fingerprint density at radius 1 is 1.00 bits per heavy atom. The van der Waals surface area contributed by atoms with Crippen molar-refractivity contribution in [2.45, 2.75) is 12.4 Å². The monoisotopic (exact) mass is 417 g/mol. The molecular formula is C19H13F6NO3. The maximum absolute atomic E-state index is 13.0. The fourth-order valence-corrected chi connectivity index (χ4v) is 2.24. The number of carbonyl (C=O) groups is 1. The van der Waals surface area contributed by atoms with Crippen LogP contribution in [0.15, 0.2) is 59.1 Å². The zero-order chi connectivity index (χ0) is 21.8. The van der Waals surface area contributed by atoms with E-state index in [0.29, 0.717) is 11.8 Å². The number of ether oxygens (including phenoxy) is 1. The van der Waals surface area contributed by atoms with E-state index in [1.807, 2.05) is 0 Å². The first-order valence-corrected chi connectivity index (χ1v) is 7.84. The molecule has 0 atom stereocenters. The summed E-state index contributed by atoms with van der Waals surface area (Å²) in [5.74, 6) is -3.22. The second-order valence-electron chi connectivity index (χ2n) is 5.59. The molecule has 0 bridgehead atoms. The van der Waals surface area contributed by atoms with Crippen LogP contribution in [-0.2, 0) is 11.0 Å². The van der Waals surface area contributed by atoms with Crippen LogP contribution >= 0.6 is 0 Å². The highest BCUT2D eigenvalue weighted by atomic mass is 19.4. The van der Waals surface area contributed by atoms with Crippen LogP contribution in [0.5, 0.6) is 5.75 Å². The summed E-state index contributed by atoms with van der Waals surface area (Å²) in [6, 6.07) is 8.86. The summed E-state index contributed by atoms with van der Waals surface area (Å²) in [5.41, 5.74) is -3.41. The van der Waals surface area contributed by atoms with Crippen LogP contribution in [0.4, 0.5) is 32.0 Å². The number of para-hydroxylation sites is 1. The first-order chi connectivity index (χ1) is 13.4. The third-order valence-electron chi connectivity index (χ3n) is 3.66. The highest BCUT2D eigenvalue weighted by Crippen LogP contribution is 2.36. The molecule has 29 heavy (non-hydrogen) atoms. The highest BCUT2D eigenvalue weighted by molar-refractivity contribution is 6.20. The molecule has 10 heteroatoms. The van der Waals surface area contributed by atoms with Crippen LogP contribution in [0.1, 0.15) is 11.1 Å². The van der Waals surface area contributed by atoms with Gasteiger partial charge in [-0.25, -0.2) is 0 Å². The number of allylic oxidation sites excluding steroid dienone is 1. The number of carbonyl (C=O) groups excluding carboxylic acids is 1. The van der Waals surface area contributed by atoms with Crippen molar-refractivity contribution in [3.8, 4) is 5.75 Å². The number of benzene rings is 2. The largest absolute Gasteiger partial charge is 0.506 e. The number of nitrogens with zero attached hydrogens (tertiary/aromatic N) is 1. The molecule has 0 saturated carbocycles. The molecule has 2 aromatic carbocycles. The molecule has 154 valence electrons. The van der Waals surface area contributed by atoms with Crippen LogP contribution in [0, 0.1) is 0 Å². The van der Waals surface area contributed by atoms with Crippen LogP contribution in [0.3, 0.4) is 0 Å². The maximum atomic E-state index is 13.0. The van der Waals surface area contributed by atoms with E-state index in [4.69, 9.17) is 4.74 Å². The van der Waals surface area contributed by atoms with E-state index in [1.54, 1.807) is 0 Å². The fraction of sp³-hybridized carbons (Fsp3) is 0.158. The van der Waals surface area contributed by atoms with Gasteiger partial charge in [0.2, 0.25) is 0 Å². The predicted octanol–water partition coefficient (Wildman–Crippen LogP) is 5.52. The van der Waals surface area contributed by atoms with E-state index in [-0.39, 0.29) is 11.8 Å². The van der Waals surface area contributed by atoms with Gasteiger partial charge < -0.3 is 9.84 Å². The second kappa shape index (κ2) is 8.38. The fourth-order valence-electron chi connectivity index (χ4n) is 2.24. The van der Waals surface area contributed by atoms with E-state index in [2.05, 4.69) is 4.99 Å². The topological polar surface area (TPSA) is 58.9 Å². The lowest BCUT2D eigenvalue weighted by atomic mass is 10.0. The minimum atomic E-state index is -5.38. The highest BCUT2D eigenvalue weighted by Gasteiger charge is 2.42. The summed E-state index contributed by atoms with van der Waals surface area (Å²) in [4.78, 5) is 15.1. The van der Waals surface area contributed by atoms with Gasteiger partial charge >= 0.3 is 12.4 Å². The molecule has 0 saturated heterocycles. The molecule has 0 aliphatic carbocycles. The van der Waals surface area contributed by atoms with Crippen molar-refractivity contribution in [2.75, 3.05) is 7.11 Å². The molecule has 0 aromatic heterocycles. The van der Waals surface area contributed by atoms with Crippen LogP contribution in [0.25, 0.3) is 5.76 Å². The van der Waals surface area contributed by atoms with Crippen LogP contribution in [0.2, 0.25) is 0 Å². The summed E-state index contributed by atoms with van der Waals surface area (Å²) >= 11 is 0. The number of aliphatic imine (C=N–C) groups is 1. The molecule has 0 fully saturated rings. The number of aliphatic hydroxyl groups is 1. The van der Waals surface area contributed by atoms with Gasteiger partial charge in [0.15, 0.2) is 0 Å². The van der Waals surface area contributed by atoms with Crippen molar-refractivity contribution in [2.24, 2.45) is 4.99 Å². The van der Waals surface area contributed by atoms with Gasteiger partial charge in [0.25, 0.3) is 5.78 Å². The Labute approximate surface area is 160 Å². The normalized spacial score (nSPS) is 13.3. The van der Waals surface area contributed by atoms with Gasteiger partial charge in [-0.1, -0.05) is 12.1 Å². The lowest BCUT2D eigenvalue weighted by molar-refractivity contribution is -0.165. The van der Waals surface area contributed by atoms with Gasteiger partial charge in [-0.05, 0) is 36.4 Å². The number of methoxy groups -OCH3 is 1. The van der Waals surface area contributed by atoms with Crippen LogP contribution < -0.4 is 4.74 Å². The number of hydrogen-bond acceptors (Lipinski definition) is 4. The Hall–Kier alpha value is -3.30. The molecule has 0 unspecified atom stereocenters. The van der Waals surface area contributed by atoms with E-state index in [1.165, 1.54) is 37.4 Å². The molecule has 1 N–H and O–H groups in total. The zero-order valence-corrected chi connectivity index (χ0v) is 14.7. The molecule has 0 radical (unpaired) electrons. The van der Waals surface area contributed by atoms with E-state index in [0.717, 1.165) is 12.1 Å². The number of alkyl halides is 6. The molecular weight excluding hydrogens is 404 g/mol. The lowest BCUT2D eigenvalue weighted by Crippen LogP contribution is -2.26. The first-order valence-electron chi connectivity index (χ1n) is 7.84. The third-order valence-corrected chi connectivity index (χ3v) is 3.66. The molecule has 2 aromatic rings. The molecule has 4 nitrogen and oxygen atoms in total. The number of rotatable bonds is 5. The summed E-state index contributed by atoms with van der Waals surface area (Å²) in [6.45, 7) is 0. The van der Waals surface area contributed by atoms with Crippen molar-refractivity contribution in [3.05, 3.63) is 65.2 Å². The third kappa shape index (κ3) is 5.37. The number of aliphatic hydroxyl groups excluding tert-OH is 1. The zero-order valence-electron chi connectivity index (χ0n) is 14.7. The Kier molecular flexibility index (Phi) is 6.35. The average molecular weight is 417 g/mol. The summed E-state index contributed by atoms with van der Waals surface area (Å²) in [7, 11) is 1.34. The van der Waals surface area contributed by atoms with Gasteiger partial charge in [0.05, 0.1) is 23.9 Å². The molecule has 0 amide bonds. The number of Topliss-reactive ketones (excluding diaryl/α,β-unsaturated/α-hetero) is 1. The Morgan fingerprint density at radius 2 is 1.59 bits per heavy atom. The van der Waals surface area contributed by atoms with Crippen LogP contribution in [-0.4, -0.2) is 30.4 Å². The van der Waals surface area contributed by atoms with Gasteiger partial charge in [-0.3, -0.25) is 9.79 Å². The van der Waals surface area contributed by atoms with Gasteiger partial charge in [-0.15, -0.1) is 0 Å². The molecule has 0 aliphatic rings. The lowest BCUT2D eigenvalue weighted by Gasteiger charge is -2.11. The van der Waals surface area contributed by atoms with Gasteiger partial charge in [0.1, 0.15) is 11.5 Å². The summed E-state index contributed by atoms with van der Waals surface area (Å²) < 4.78 is 82.7. The van der Waals surface area contributed by atoms with E-state index >= 15 is 0 Å². The van der Waals surface area contributed by atoms with Crippen molar-refractivity contribution in [1.29, 1.82) is 0 Å². The Balaban J connectivity index is 2.58. The van der Waals surface area contributed by atoms with Crippen molar-refractivity contribution in [3.63, 3.8) is 0 Å². The minimum absolute atomic E-state index is 0.186.